The number of carbonyl (C=O) groups is 1. The highest BCUT2D eigenvalue weighted by molar-refractivity contribution is 6.01. The van der Waals surface area contributed by atoms with Crippen LogP contribution in [0.3, 0.4) is 0 Å². The van der Waals surface area contributed by atoms with Gasteiger partial charge < -0.3 is 10.3 Å². The van der Waals surface area contributed by atoms with E-state index < -0.39 is 0 Å². The second-order valence-corrected chi connectivity index (χ2v) is 6.79. The molecule has 7 heteroatoms. The highest BCUT2D eigenvalue weighted by Crippen LogP contribution is 2.39. The zero-order valence-corrected chi connectivity index (χ0v) is 15.0. The third-order valence-corrected chi connectivity index (χ3v) is 4.67. The van der Waals surface area contributed by atoms with E-state index in [9.17, 15) is 4.79 Å². The van der Waals surface area contributed by atoms with Crippen molar-refractivity contribution in [1.82, 2.24) is 24.7 Å². The Balaban J connectivity index is 1.43. The van der Waals surface area contributed by atoms with Crippen LogP contribution >= 0.6 is 0 Å². The first-order chi connectivity index (χ1) is 13.8. The molecule has 0 radical (unpaired) electrons. The van der Waals surface area contributed by atoms with Crippen molar-refractivity contribution in [2.24, 2.45) is 0 Å². The summed E-state index contributed by atoms with van der Waals surface area (Å²) < 4.78 is 1.78. The van der Waals surface area contributed by atoms with Gasteiger partial charge in [0.1, 0.15) is 11.6 Å². The predicted octanol–water partition coefficient (Wildman–Crippen LogP) is 3.79. The molecule has 5 rings (SSSR count). The van der Waals surface area contributed by atoms with E-state index in [1.807, 2.05) is 54.6 Å². The number of hydrogen-bond donors (Lipinski definition) is 2. The van der Waals surface area contributed by atoms with Gasteiger partial charge in [-0.2, -0.15) is 0 Å². The molecule has 0 atom stereocenters. The maximum atomic E-state index is 12.8. The molecule has 2 N–H and O–H groups in total. The summed E-state index contributed by atoms with van der Waals surface area (Å²) in [5.74, 6) is 1.82. The molecule has 1 aliphatic rings. The number of H-pyrrole nitrogens is 1. The highest BCUT2D eigenvalue weighted by atomic mass is 16.2. The van der Waals surface area contributed by atoms with E-state index >= 15 is 0 Å². The van der Waals surface area contributed by atoms with Crippen LogP contribution in [0.25, 0.3) is 17.1 Å². The highest BCUT2D eigenvalue weighted by Gasteiger charge is 2.31. The Morgan fingerprint density at radius 3 is 2.71 bits per heavy atom. The van der Waals surface area contributed by atoms with Crippen molar-refractivity contribution in [3.05, 3.63) is 78.6 Å². The Bertz CT molecular complexity index is 1110. The Kier molecular flexibility index (Phi) is 3.97. The average Bonchev–Trinajstić information content (AvgIpc) is 3.25. The number of nitrogens with zero attached hydrogens (tertiary/aromatic N) is 4. The van der Waals surface area contributed by atoms with E-state index in [4.69, 9.17) is 0 Å². The Morgan fingerprint density at radius 2 is 1.96 bits per heavy atom. The summed E-state index contributed by atoms with van der Waals surface area (Å²) in [5, 5.41) is 7.38. The van der Waals surface area contributed by atoms with Gasteiger partial charge >= 0.3 is 0 Å². The lowest BCUT2D eigenvalue weighted by atomic mass is 10.2. The molecule has 0 aliphatic heterocycles. The largest absolute Gasteiger partial charge is 0.345 e. The fourth-order valence-electron chi connectivity index (χ4n) is 3.14. The average molecular weight is 370 g/mol. The molecular formula is C21H18N6O. The Morgan fingerprint density at radius 1 is 1.11 bits per heavy atom. The number of carbonyl (C=O) groups excluding carboxylic acids is 1. The number of rotatable bonds is 5. The van der Waals surface area contributed by atoms with Gasteiger partial charge in [0.05, 0.1) is 5.69 Å². The van der Waals surface area contributed by atoms with Crippen LogP contribution in [0.4, 0.5) is 5.69 Å². The first-order valence-corrected chi connectivity index (χ1v) is 9.21. The summed E-state index contributed by atoms with van der Waals surface area (Å²) >= 11 is 0. The van der Waals surface area contributed by atoms with E-state index in [0.717, 1.165) is 35.7 Å². The molecular weight excluding hydrogens is 352 g/mol. The molecule has 0 spiro atoms. The molecule has 138 valence electrons. The second-order valence-electron chi connectivity index (χ2n) is 6.79. The molecule has 4 aromatic rings. The molecule has 0 unspecified atom stereocenters. The molecule has 0 bridgehead atoms. The molecule has 7 nitrogen and oxygen atoms in total. The monoisotopic (exact) mass is 370 g/mol. The van der Waals surface area contributed by atoms with Gasteiger partial charge in [-0.3, -0.25) is 4.79 Å². The van der Waals surface area contributed by atoms with Crippen molar-refractivity contribution in [3.63, 3.8) is 0 Å². The number of imidazole rings is 1. The van der Waals surface area contributed by atoms with Gasteiger partial charge in [-0.15, -0.1) is 5.10 Å². The molecule has 2 aromatic carbocycles. The summed E-state index contributed by atoms with van der Waals surface area (Å²) in [4.78, 5) is 24.6. The fraction of sp³-hybridized carbons (Fsp3) is 0.143. The number of para-hydroxylation sites is 1. The molecule has 2 heterocycles. The number of aromatic nitrogens is 5. The Labute approximate surface area is 161 Å². The van der Waals surface area contributed by atoms with Crippen LogP contribution in [0.1, 0.15) is 35.2 Å². The smallest absolute Gasteiger partial charge is 0.295 e. The van der Waals surface area contributed by atoms with Gasteiger partial charge in [0, 0.05) is 29.6 Å². The molecule has 1 saturated carbocycles. The number of aromatic amines is 1. The van der Waals surface area contributed by atoms with Crippen molar-refractivity contribution in [1.29, 1.82) is 0 Å². The molecule has 28 heavy (non-hydrogen) atoms. The van der Waals surface area contributed by atoms with Crippen LogP contribution in [-0.2, 0) is 0 Å². The minimum absolute atomic E-state index is 0.175. The number of benzene rings is 2. The van der Waals surface area contributed by atoms with E-state index in [1.165, 1.54) is 0 Å². The summed E-state index contributed by atoms with van der Waals surface area (Å²) in [5.41, 5.74) is 2.47. The van der Waals surface area contributed by atoms with E-state index in [2.05, 4.69) is 25.4 Å². The van der Waals surface area contributed by atoms with Crippen molar-refractivity contribution < 1.29 is 4.79 Å². The predicted molar refractivity (Wildman–Crippen MR) is 105 cm³/mol. The van der Waals surface area contributed by atoms with E-state index in [1.54, 1.807) is 17.1 Å². The molecule has 2 aromatic heterocycles. The van der Waals surface area contributed by atoms with Gasteiger partial charge in [-0.05, 0) is 37.1 Å². The van der Waals surface area contributed by atoms with Crippen molar-refractivity contribution in [2.45, 2.75) is 18.8 Å². The van der Waals surface area contributed by atoms with E-state index in [0.29, 0.717) is 11.6 Å². The van der Waals surface area contributed by atoms with Gasteiger partial charge in [-0.25, -0.2) is 14.6 Å². The fourth-order valence-corrected chi connectivity index (χ4v) is 3.14. The van der Waals surface area contributed by atoms with Gasteiger partial charge in [0.2, 0.25) is 5.82 Å². The normalized spacial score (nSPS) is 13.4. The van der Waals surface area contributed by atoms with Gasteiger partial charge in [-0.1, -0.05) is 30.3 Å². The van der Waals surface area contributed by atoms with Crippen LogP contribution < -0.4 is 5.32 Å². The zero-order chi connectivity index (χ0) is 18.9. The third-order valence-electron chi connectivity index (χ3n) is 4.67. The minimum atomic E-state index is -0.326. The van der Waals surface area contributed by atoms with Crippen molar-refractivity contribution in [2.75, 3.05) is 5.32 Å². The second kappa shape index (κ2) is 6.77. The van der Waals surface area contributed by atoms with Gasteiger partial charge in [0.15, 0.2) is 0 Å². The van der Waals surface area contributed by atoms with E-state index in [-0.39, 0.29) is 11.7 Å². The molecule has 1 aliphatic carbocycles. The van der Waals surface area contributed by atoms with Crippen molar-refractivity contribution in [3.8, 4) is 17.1 Å². The maximum absolute atomic E-state index is 12.8. The lowest BCUT2D eigenvalue weighted by Crippen LogP contribution is -2.14. The van der Waals surface area contributed by atoms with Crippen LogP contribution in [0.2, 0.25) is 0 Å². The Hall–Kier alpha value is -3.74. The quantitative estimate of drug-likeness (QED) is 0.559. The standard InChI is InChI=1S/C21H18N6O/c28-21(24-16-6-4-5-15(13-16)18-22-11-12-23-18)19-25-20(14-9-10-14)27(26-19)17-7-2-1-3-8-17/h1-8,11-14H,9-10H2,(H,22,23)(H,24,28). The lowest BCUT2D eigenvalue weighted by Gasteiger charge is -2.05. The van der Waals surface area contributed by atoms with Crippen LogP contribution in [-0.4, -0.2) is 30.6 Å². The lowest BCUT2D eigenvalue weighted by molar-refractivity contribution is 0.101. The van der Waals surface area contributed by atoms with Crippen LogP contribution in [0, 0.1) is 0 Å². The number of amides is 1. The maximum Gasteiger partial charge on any atom is 0.295 e. The first kappa shape index (κ1) is 16.4. The van der Waals surface area contributed by atoms with Gasteiger partial charge in [0.25, 0.3) is 5.91 Å². The summed E-state index contributed by atoms with van der Waals surface area (Å²) in [6.45, 7) is 0. The zero-order valence-electron chi connectivity index (χ0n) is 15.0. The van der Waals surface area contributed by atoms with Crippen molar-refractivity contribution >= 4 is 11.6 Å². The first-order valence-electron chi connectivity index (χ1n) is 9.21. The molecule has 1 fully saturated rings. The number of nitrogens with one attached hydrogen (secondary N) is 2. The minimum Gasteiger partial charge on any atom is -0.345 e. The summed E-state index contributed by atoms with van der Waals surface area (Å²) in [7, 11) is 0. The topological polar surface area (TPSA) is 88.5 Å². The molecule has 1 amide bonds. The molecule has 0 saturated heterocycles. The SMILES string of the molecule is O=C(Nc1cccc(-c2ncc[nH]2)c1)c1nc(C2CC2)n(-c2ccccc2)n1. The number of anilines is 1. The van der Waals surface area contributed by atoms with Crippen LogP contribution in [0.5, 0.6) is 0 Å². The summed E-state index contributed by atoms with van der Waals surface area (Å²) in [6.07, 6.45) is 5.62. The third kappa shape index (κ3) is 3.18. The van der Waals surface area contributed by atoms with Crippen LogP contribution in [0.15, 0.2) is 67.0 Å². The number of hydrogen-bond acceptors (Lipinski definition) is 4. The summed E-state index contributed by atoms with van der Waals surface area (Å²) in [6, 6.07) is 17.3.